The van der Waals surface area contributed by atoms with Gasteiger partial charge in [0.2, 0.25) is 0 Å². The highest BCUT2D eigenvalue weighted by molar-refractivity contribution is 5.37. The molecule has 2 unspecified atom stereocenters. The fraction of sp³-hybridized carbons (Fsp3) is 0.625. The predicted octanol–water partition coefficient (Wildman–Crippen LogP) is 3.23. The molecule has 98 valence electrons. The first-order valence-electron chi connectivity index (χ1n) is 7.38. The number of fused-ring (bicyclic) bond motifs is 1. The van der Waals surface area contributed by atoms with Crippen LogP contribution in [0.25, 0.3) is 0 Å². The van der Waals surface area contributed by atoms with Gasteiger partial charge in [-0.25, -0.2) is 0 Å². The molecule has 0 bridgehead atoms. The second-order valence-corrected chi connectivity index (χ2v) is 5.97. The van der Waals surface area contributed by atoms with Gasteiger partial charge in [-0.3, -0.25) is 0 Å². The van der Waals surface area contributed by atoms with Crippen LogP contribution in [-0.4, -0.2) is 6.04 Å². The Kier molecular flexibility index (Phi) is 3.40. The molecule has 1 fully saturated rings. The summed E-state index contributed by atoms with van der Waals surface area (Å²) >= 11 is 0. The molecule has 3 rings (SSSR count). The van der Waals surface area contributed by atoms with Crippen LogP contribution in [0.15, 0.2) is 18.2 Å². The highest BCUT2D eigenvalue weighted by Crippen LogP contribution is 2.30. The van der Waals surface area contributed by atoms with Gasteiger partial charge in [-0.15, -0.1) is 0 Å². The number of hydrogen-bond acceptors (Lipinski definition) is 2. The van der Waals surface area contributed by atoms with Gasteiger partial charge in [0.05, 0.1) is 0 Å². The minimum Gasteiger partial charge on any atom is -0.324 e. The fourth-order valence-electron chi connectivity index (χ4n) is 3.17. The molecule has 2 aliphatic carbocycles. The zero-order valence-corrected chi connectivity index (χ0v) is 11.3. The number of nitrogens with two attached hydrogens (primary N) is 1. The topological polar surface area (TPSA) is 38.0 Å². The van der Waals surface area contributed by atoms with Crippen LogP contribution in [0.3, 0.4) is 0 Å². The average Bonchev–Trinajstić information content (AvgIpc) is 2.33. The molecule has 0 spiro atoms. The molecule has 1 aromatic carbocycles. The molecule has 1 aromatic rings. The summed E-state index contributed by atoms with van der Waals surface area (Å²) in [5.41, 5.74) is 10.4. The molecule has 0 saturated heterocycles. The van der Waals surface area contributed by atoms with E-state index in [1.165, 1.54) is 48.8 Å². The van der Waals surface area contributed by atoms with E-state index in [1.807, 2.05) is 0 Å². The Bertz CT molecular complexity index is 423. The van der Waals surface area contributed by atoms with Crippen LogP contribution >= 0.6 is 0 Å². The Labute approximate surface area is 110 Å². The Morgan fingerprint density at radius 3 is 2.78 bits per heavy atom. The Morgan fingerprint density at radius 1 is 1.22 bits per heavy atom. The van der Waals surface area contributed by atoms with Crippen LogP contribution in [0.5, 0.6) is 0 Å². The summed E-state index contributed by atoms with van der Waals surface area (Å²) < 4.78 is 0. The lowest BCUT2D eigenvalue weighted by molar-refractivity contribution is 0.313. The molecule has 2 aliphatic rings. The van der Waals surface area contributed by atoms with Gasteiger partial charge in [0.1, 0.15) is 0 Å². The first-order chi connectivity index (χ1) is 8.74. The van der Waals surface area contributed by atoms with E-state index in [-0.39, 0.29) is 6.04 Å². The molecule has 0 radical (unpaired) electrons. The van der Waals surface area contributed by atoms with Crippen LogP contribution in [0.2, 0.25) is 0 Å². The second-order valence-electron chi connectivity index (χ2n) is 5.97. The Balaban J connectivity index is 1.76. The summed E-state index contributed by atoms with van der Waals surface area (Å²) in [6, 6.07) is 8.38. The van der Waals surface area contributed by atoms with E-state index >= 15 is 0 Å². The zero-order chi connectivity index (χ0) is 12.5. The maximum atomic E-state index is 6.17. The summed E-state index contributed by atoms with van der Waals surface area (Å²) in [4.78, 5) is 0. The van der Waals surface area contributed by atoms with E-state index < -0.39 is 0 Å². The molecule has 18 heavy (non-hydrogen) atoms. The maximum absolute atomic E-state index is 6.17. The lowest BCUT2D eigenvalue weighted by Crippen LogP contribution is -2.36. The van der Waals surface area contributed by atoms with Crippen molar-refractivity contribution >= 4 is 0 Å². The third kappa shape index (κ3) is 2.32. The molecule has 0 aliphatic heterocycles. The zero-order valence-electron chi connectivity index (χ0n) is 11.3. The van der Waals surface area contributed by atoms with Crippen molar-refractivity contribution in [2.24, 2.45) is 5.73 Å². The SMILES string of the molecule is CC(NC1CCC1)c1ccc2c(c1)CCCC2N. The van der Waals surface area contributed by atoms with Crippen molar-refractivity contribution < 1.29 is 0 Å². The van der Waals surface area contributed by atoms with Gasteiger partial charge in [0, 0.05) is 18.1 Å². The van der Waals surface area contributed by atoms with Crippen molar-refractivity contribution in [3.8, 4) is 0 Å². The summed E-state index contributed by atoms with van der Waals surface area (Å²) in [6.07, 6.45) is 7.67. The van der Waals surface area contributed by atoms with Gasteiger partial charge in [-0.2, -0.15) is 0 Å². The molecule has 3 N–H and O–H groups in total. The Hall–Kier alpha value is -0.860. The smallest absolute Gasteiger partial charge is 0.0297 e. The Morgan fingerprint density at radius 2 is 2.06 bits per heavy atom. The lowest BCUT2D eigenvalue weighted by atomic mass is 9.86. The minimum absolute atomic E-state index is 0.262. The third-order valence-electron chi connectivity index (χ3n) is 4.62. The largest absolute Gasteiger partial charge is 0.324 e. The van der Waals surface area contributed by atoms with Crippen molar-refractivity contribution in [2.45, 2.75) is 63.6 Å². The average molecular weight is 244 g/mol. The van der Waals surface area contributed by atoms with Crippen molar-refractivity contribution in [1.29, 1.82) is 0 Å². The molecule has 2 nitrogen and oxygen atoms in total. The van der Waals surface area contributed by atoms with Crippen molar-refractivity contribution in [2.75, 3.05) is 0 Å². The number of aryl methyl sites for hydroxylation is 1. The van der Waals surface area contributed by atoms with Gasteiger partial charge in [-0.1, -0.05) is 24.6 Å². The van der Waals surface area contributed by atoms with E-state index in [4.69, 9.17) is 5.73 Å². The van der Waals surface area contributed by atoms with Crippen molar-refractivity contribution in [3.63, 3.8) is 0 Å². The summed E-state index contributed by atoms with van der Waals surface area (Å²) in [7, 11) is 0. The van der Waals surface area contributed by atoms with E-state index in [0.717, 1.165) is 12.5 Å². The molecule has 1 saturated carbocycles. The minimum atomic E-state index is 0.262. The standard InChI is InChI=1S/C16H24N2/c1-11(18-14-5-3-6-14)12-8-9-15-13(10-12)4-2-7-16(15)17/h8-11,14,16,18H,2-7,17H2,1H3. The van der Waals surface area contributed by atoms with Crippen LogP contribution in [0.1, 0.15) is 67.8 Å². The number of rotatable bonds is 3. The molecular formula is C16H24N2. The molecule has 2 atom stereocenters. The molecular weight excluding hydrogens is 220 g/mol. The van der Waals surface area contributed by atoms with Gasteiger partial charge < -0.3 is 11.1 Å². The number of nitrogens with one attached hydrogen (secondary N) is 1. The van der Waals surface area contributed by atoms with E-state index in [2.05, 4.69) is 30.4 Å². The predicted molar refractivity (Wildman–Crippen MR) is 75.5 cm³/mol. The van der Waals surface area contributed by atoms with Crippen LogP contribution < -0.4 is 11.1 Å². The first-order valence-corrected chi connectivity index (χ1v) is 7.38. The number of benzene rings is 1. The molecule has 0 aromatic heterocycles. The first kappa shape index (κ1) is 12.2. The normalized spacial score (nSPS) is 25.3. The van der Waals surface area contributed by atoms with Gasteiger partial charge in [0.25, 0.3) is 0 Å². The highest BCUT2D eigenvalue weighted by Gasteiger charge is 2.21. The van der Waals surface area contributed by atoms with Gasteiger partial charge in [-0.05, 0) is 55.7 Å². The summed E-state index contributed by atoms with van der Waals surface area (Å²) in [5, 5.41) is 3.72. The molecule has 0 heterocycles. The van der Waals surface area contributed by atoms with Crippen molar-refractivity contribution in [3.05, 3.63) is 34.9 Å². The molecule has 0 amide bonds. The third-order valence-corrected chi connectivity index (χ3v) is 4.62. The number of hydrogen-bond donors (Lipinski definition) is 2. The maximum Gasteiger partial charge on any atom is 0.0297 e. The van der Waals surface area contributed by atoms with Crippen LogP contribution in [0, 0.1) is 0 Å². The fourth-order valence-corrected chi connectivity index (χ4v) is 3.17. The van der Waals surface area contributed by atoms with Gasteiger partial charge in [0.15, 0.2) is 0 Å². The monoisotopic (exact) mass is 244 g/mol. The summed E-state index contributed by atoms with van der Waals surface area (Å²) in [6.45, 7) is 2.28. The van der Waals surface area contributed by atoms with Crippen LogP contribution in [0.4, 0.5) is 0 Å². The summed E-state index contributed by atoms with van der Waals surface area (Å²) in [5.74, 6) is 0. The molecule has 2 heteroatoms. The quantitative estimate of drug-likeness (QED) is 0.856. The van der Waals surface area contributed by atoms with E-state index in [1.54, 1.807) is 0 Å². The van der Waals surface area contributed by atoms with E-state index in [9.17, 15) is 0 Å². The van der Waals surface area contributed by atoms with Crippen LogP contribution in [-0.2, 0) is 6.42 Å². The van der Waals surface area contributed by atoms with Crippen molar-refractivity contribution in [1.82, 2.24) is 5.32 Å². The second kappa shape index (κ2) is 5.02. The highest BCUT2D eigenvalue weighted by atomic mass is 15.0. The lowest BCUT2D eigenvalue weighted by Gasteiger charge is -2.31. The van der Waals surface area contributed by atoms with Gasteiger partial charge >= 0.3 is 0 Å². The van der Waals surface area contributed by atoms with E-state index in [0.29, 0.717) is 6.04 Å².